The lowest BCUT2D eigenvalue weighted by molar-refractivity contribution is -0.162. The van der Waals surface area contributed by atoms with Gasteiger partial charge in [-0.3, -0.25) is 14.4 Å². The van der Waals surface area contributed by atoms with Gasteiger partial charge in [0.05, 0.1) is 32.5 Å². The maximum Gasteiger partial charge on any atom is 0.303 e. The smallest absolute Gasteiger partial charge is 0.303 e. The molecule has 0 saturated carbocycles. The molecule has 0 aromatic carbocycles. The van der Waals surface area contributed by atoms with Crippen molar-refractivity contribution < 1.29 is 45.0 Å². The van der Waals surface area contributed by atoms with Gasteiger partial charge in [-0.2, -0.15) is 0 Å². The first kappa shape index (κ1) is 19.3. The SMILES string of the molecule is O=C(O)CC(CC(=O)O)(CC(=O)O)C(CO)(CO)CCO. The van der Waals surface area contributed by atoms with Crippen LogP contribution in [-0.2, 0) is 14.4 Å². The molecule has 0 aliphatic heterocycles. The number of aliphatic hydroxyl groups excluding tert-OH is 3. The summed E-state index contributed by atoms with van der Waals surface area (Å²) in [7, 11) is 0. The van der Waals surface area contributed by atoms with E-state index in [9.17, 15) is 24.6 Å². The van der Waals surface area contributed by atoms with Crippen LogP contribution in [0.4, 0.5) is 0 Å². The predicted octanol–water partition coefficient (Wildman–Crippen LogP) is -1.25. The van der Waals surface area contributed by atoms with Gasteiger partial charge in [-0.25, -0.2) is 0 Å². The number of aliphatic hydroxyl groups is 3. The Balaban J connectivity index is 6.04. The molecule has 0 aliphatic rings. The predicted molar refractivity (Wildman–Crippen MR) is 67.5 cm³/mol. The van der Waals surface area contributed by atoms with Crippen molar-refractivity contribution in [1.29, 1.82) is 0 Å². The minimum absolute atomic E-state index is 0.326. The Kier molecular flexibility index (Phi) is 7.27. The molecule has 0 radical (unpaired) electrons. The molecular weight excluding hydrogens is 288 g/mol. The van der Waals surface area contributed by atoms with Crippen LogP contribution in [0, 0.1) is 10.8 Å². The standard InChI is InChI=1S/C12H20O9/c13-2-1-11(6-14,7-15)12(3-8(16)17,4-9(18)19)5-10(20)21/h13-15H,1-7H2,(H,16,17)(H,18,19)(H,20,21). The van der Waals surface area contributed by atoms with E-state index in [4.69, 9.17) is 20.4 Å². The van der Waals surface area contributed by atoms with Crippen LogP contribution in [-0.4, -0.2) is 68.4 Å². The number of carbonyl (C=O) groups is 3. The molecule has 122 valence electrons. The molecule has 0 aromatic rings. The summed E-state index contributed by atoms with van der Waals surface area (Å²) in [5.41, 5.74) is -3.67. The molecule has 6 N–H and O–H groups in total. The Morgan fingerprint density at radius 2 is 1.00 bits per heavy atom. The summed E-state index contributed by atoms with van der Waals surface area (Å²) in [6.07, 6.45) is -2.93. The summed E-state index contributed by atoms with van der Waals surface area (Å²) in [6.45, 7) is -2.27. The fourth-order valence-corrected chi connectivity index (χ4v) is 2.64. The van der Waals surface area contributed by atoms with Crippen molar-refractivity contribution in [3.63, 3.8) is 0 Å². The van der Waals surface area contributed by atoms with Crippen LogP contribution >= 0.6 is 0 Å². The number of carboxylic acids is 3. The van der Waals surface area contributed by atoms with Crippen LogP contribution in [0.15, 0.2) is 0 Å². The number of rotatable bonds is 11. The maximum atomic E-state index is 11.0. The highest BCUT2D eigenvalue weighted by molar-refractivity contribution is 5.76. The number of hydrogen-bond donors (Lipinski definition) is 6. The average Bonchev–Trinajstić information content (AvgIpc) is 2.33. The molecule has 0 unspecified atom stereocenters. The van der Waals surface area contributed by atoms with Crippen molar-refractivity contribution in [3.8, 4) is 0 Å². The van der Waals surface area contributed by atoms with Crippen LogP contribution in [0.3, 0.4) is 0 Å². The van der Waals surface area contributed by atoms with Crippen molar-refractivity contribution in [2.75, 3.05) is 19.8 Å². The third-order valence-electron chi connectivity index (χ3n) is 3.79. The van der Waals surface area contributed by atoms with E-state index in [-0.39, 0.29) is 6.42 Å². The number of carboxylic acid groups (broad SMARTS) is 3. The normalized spacial score (nSPS) is 12.1. The Hall–Kier alpha value is -1.71. The van der Waals surface area contributed by atoms with Gasteiger partial charge < -0.3 is 30.6 Å². The molecule has 0 fully saturated rings. The van der Waals surface area contributed by atoms with Crippen molar-refractivity contribution in [2.45, 2.75) is 25.7 Å². The van der Waals surface area contributed by atoms with Gasteiger partial charge in [-0.15, -0.1) is 0 Å². The molecule has 21 heavy (non-hydrogen) atoms. The molecule has 0 rings (SSSR count). The third kappa shape index (κ3) is 4.66. The second-order valence-corrected chi connectivity index (χ2v) is 5.06. The summed E-state index contributed by atoms with van der Waals surface area (Å²) >= 11 is 0. The van der Waals surface area contributed by atoms with Crippen LogP contribution < -0.4 is 0 Å². The summed E-state index contributed by atoms with van der Waals surface area (Å²) in [4.78, 5) is 33.1. The summed E-state index contributed by atoms with van der Waals surface area (Å²) < 4.78 is 0. The van der Waals surface area contributed by atoms with E-state index < -0.39 is 67.8 Å². The quantitative estimate of drug-likeness (QED) is 0.272. The lowest BCUT2D eigenvalue weighted by atomic mass is 9.57. The first-order chi connectivity index (χ1) is 9.68. The third-order valence-corrected chi connectivity index (χ3v) is 3.79. The van der Waals surface area contributed by atoms with E-state index in [1.807, 2.05) is 0 Å². The lowest BCUT2D eigenvalue weighted by Gasteiger charge is -2.47. The van der Waals surface area contributed by atoms with Crippen LogP contribution in [0.2, 0.25) is 0 Å². The fourth-order valence-electron chi connectivity index (χ4n) is 2.64. The van der Waals surface area contributed by atoms with Gasteiger partial charge in [0.25, 0.3) is 0 Å². The van der Waals surface area contributed by atoms with E-state index in [2.05, 4.69) is 0 Å². The molecule has 9 heteroatoms. The molecule has 0 saturated heterocycles. The monoisotopic (exact) mass is 308 g/mol. The molecule has 0 spiro atoms. The van der Waals surface area contributed by atoms with Gasteiger partial charge in [-0.05, 0) is 6.42 Å². The maximum absolute atomic E-state index is 11.0. The topological polar surface area (TPSA) is 173 Å². The summed E-state index contributed by atoms with van der Waals surface area (Å²) in [6, 6.07) is 0. The van der Waals surface area contributed by atoms with Crippen LogP contribution in [0.5, 0.6) is 0 Å². The van der Waals surface area contributed by atoms with Gasteiger partial charge in [0.15, 0.2) is 0 Å². The molecule has 0 aromatic heterocycles. The molecule has 0 amide bonds. The van der Waals surface area contributed by atoms with Crippen LogP contribution in [0.25, 0.3) is 0 Å². The zero-order valence-corrected chi connectivity index (χ0v) is 11.4. The first-order valence-corrected chi connectivity index (χ1v) is 6.16. The highest BCUT2D eigenvalue weighted by Crippen LogP contribution is 2.50. The van der Waals surface area contributed by atoms with E-state index in [1.54, 1.807) is 0 Å². The Bertz CT molecular complexity index is 345. The van der Waals surface area contributed by atoms with Crippen molar-refractivity contribution in [3.05, 3.63) is 0 Å². The van der Waals surface area contributed by atoms with E-state index in [0.29, 0.717) is 0 Å². The number of hydrogen-bond acceptors (Lipinski definition) is 6. The summed E-state index contributed by atoms with van der Waals surface area (Å²) in [5, 5.41) is 55.1. The zero-order chi connectivity index (χ0) is 16.7. The van der Waals surface area contributed by atoms with E-state index in [0.717, 1.165) is 0 Å². The highest BCUT2D eigenvalue weighted by Gasteiger charge is 2.54. The van der Waals surface area contributed by atoms with E-state index in [1.165, 1.54) is 0 Å². The first-order valence-electron chi connectivity index (χ1n) is 6.16. The minimum Gasteiger partial charge on any atom is -0.481 e. The van der Waals surface area contributed by atoms with Crippen molar-refractivity contribution in [1.82, 2.24) is 0 Å². The van der Waals surface area contributed by atoms with Gasteiger partial charge in [0.2, 0.25) is 0 Å². The number of aliphatic carboxylic acids is 3. The van der Waals surface area contributed by atoms with E-state index >= 15 is 0 Å². The molecule has 0 atom stereocenters. The Morgan fingerprint density at radius 3 is 1.19 bits per heavy atom. The van der Waals surface area contributed by atoms with Gasteiger partial charge >= 0.3 is 17.9 Å². The summed E-state index contributed by atoms with van der Waals surface area (Å²) in [5.74, 6) is -4.37. The highest BCUT2D eigenvalue weighted by atomic mass is 16.4. The van der Waals surface area contributed by atoms with Gasteiger partial charge in [0, 0.05) is 17.4 Å². The second kappa shape index (κ2) is 7.91. The van der Waals surface area contributed by atoms with Crippen molar-refractivity contribution >= 4 is 17.9 Å². The molecule has 0 aliphatic carbocycles. The molecule has 0 bridgehead atoms. The van der Waals surface area contributed by atoms with Crippen molar-refractivity contribution in [2.24, 2.45) is 10.8 Å². The van der Waals surface area contributed by atoms with Crippen LogP contribution in [0.1, 0.15) is 25.7 Å². The zero-order valence-electron chi connectivity index (χ0n) is 11.4. The Morgan fingerprint density at radius 1 is 0.667 bits per heavy atom. The second-order valence-electron chi connectivity index (χ2n) is 5.06. The fraction of sp³-hybridized carbons (Fsp3) is 0.750. The lowest BCUT2D eigenvalue weighted by Crippen LogP contribution is -2.51. The van der Waals surface area contributed by atoms with Gasteiger partial charge in [-0.1, -0.05) is 0 Å². The Labute approximate surface area is 120 Å². The minimum atomic E-state index is -1.93. The largest absolute Gasteiger partial charge is 0.481 e. The molecule has 9 nitrogen and oxygen atoms in total. The average molecular weight is 308 g/mol. The molecule has 0 heterocycles. The molecular formula is C12H20O9. The van der Waals surface area contributed by atoms with Gasteiger partial charge in [0.1, 0.15) is 0 Å².